The van der Waals surface area contributed by atoms with Crippen molar-refractivity contribution < 1.29 is 10.2 Å². The highest BCUT2D eigenvalue weighted by molar-refractivity contribution is 4.82. The molecule has 0 aromatic rings. The van der Waals surface area contributed by atoms with Crippen LogP contribution in [0.2, 0.25) is 0 Å². The van der Waals surface area contributed by atoms with Gasteiger partial charge in [-0.1, -0.05) is 109 Å². The highest BCUT2D eigenvalue weighted by atomic mass is 16.3. The summed E-state index contributed by atoms with van der Waals surface area (Å²) in [5.41, 5.74) is 0. The second-order valence-electron chi connectivity index (χ2n) is 8.67. The fourth-order valence-electron chi connectivity index (χ4n) is 3.84. The Morgan fingerprint density at radius 2 is 0.897 bits per heavy atom. The van der Waals surface area contributed by atoms with Crippen LogP contribution in [0.4, 0.5) is 0 Å². The summed E-state index contributed by atoms with van der Waals surface area (Å²) >= 11 is 0. The Hall–Kier alpha value is -0.540. The van der Waals surface area contributed by atoms with Gasteiger partial charge in [-0.05, 0) is 31.9 Å². The second kappa shape index (κ2) is 25.5. The Labute approximate surface area is 183 Å². The molecule has 3 nitrogen and oxygen atoms in total. The third-order valence-corrected chi connectivity index (χ3v) is 5.75. The number of aliphatic hydroxyl groups is 2. The average molecular weight is 412 g/mol. The first-order valence-electron chi connectivity index (χ1n) is 13.0. The fraction of sp³-hybridized carbons (Fsp3) is 0.923. The molecule has 0 rings (SSSR count). The van der Waals surface area contributed by atoms with Crippen molar-refractivity contribution in [2.45, 2.75) is 129 Å². The largest absolute Gasteiger partial charge is 0.396 e. The summed E-state index contributed by atoms with van der Waals surface area (Å²) in [6.45, 7) is 4.53. The van der Waals surface area contributed by atoms with E-state index in [0.717, 1.165) is 32.4 Å². The summed E-state index contributed by atoms with van der Waals surface area (Å²) in [7, 11) is 0. The van der Waals surface area contributed by atoms with Gasteiger partial charge in [0, 0.05) is 26.3 Å². The maximum absolute atomic E-state index is 8.97. The van der Waals surface area contributed by atoms with Gasteiger partial charge in [0.1, 0.15) is 0 Å². The molecule has 0 spiro atoms. The number of allylic oxidation sites excluding steroid dienone is 1. The van der Waals surface area contributed by atoms with Crippen LogP contribution in [0.5, 0.6) is 0 Å². The van der Waals surface area contributed by atoms with Gasteiger partial charge in [0.05, 0.1) is 0 Å². The van der Waals surface area contributed by atoms with Crippen molar-refractivity contribution in [3.05, 3.63) is 12.3 Å². The molecule has 0 aromatic heterocycles. The maximum atomic E-state index is 8.97. The summed E-state index contributed by atoms with van der Waals surface area (Å²) in [6, 6.07) is 0. The SMILES string of the molecule is CCCCCCCCCCCCCCCCCCC=CN(CCCO)CCCO. The van der Waals surface area contributed by atoms with Crippen molar-refractivity contribution in [3.8, 4) is 0 Å². The quantitative estimate of drug-likeness (QED) is 0.165. The van der Waals surface area contributed by atoms with E-state index in [1.807, 2.05) is 0 Å². The van der Waals surface area contributed by atoms with Crippen molar-refractivity contribution in [3.63, 3.8) is 0 Å². The Morgan fingerprint density at radius 1 is 0.517 bits per heavy atom. The maximum Gasteiger partial charge on any atom is 0.0447 e. The molecule has 0 radical (unpaired) electrons. The van der Waals surface area contributed by atoms with Gasteiger partial charge in [0.2, 0.25) is 0 Å². The van der Waals surface area contributed by atoms with Crippen molar-refractivity contribution >= 4 is 0 Å². The van der Waals surface area contributed by atoms with E-state index in [9.17, 15) is 0 Å². The van der Waals surface area contributed by atoms with E-state index in [1.54, 1.807) is 0 Å². The molecule has 29 heavy (non-hydrogen) atoms. The molecule has 0 aliphatic rings. The molecule has 2 N–H and O–H groups in total. The third kappa shape index (κ3) is 23.6. The zero-order valence-corrected chi connectivity index (χ0v) is 19.8. The van der Waals surface area contributed by atoms with Gasteiger partial charge in [-0.25, -0.2) is 0 Å². The molecule has 174 valence electrons. The van der Waals surface area contributed by atoms with Gasteiger partial charge < -0.3 is 15.1 Å². The van der Waals surface area contributed by atoms with Crippen molar-refractivity contribution in [2.75, 3.05) is 26.3 Å². The highest BCUT2D eigenvalue weighted by Crippen LogP contribution is 2.14. The van der Waals surface area contributed by atoms with Crippen molar-refractivity contribution in [2.24, 2.45) is 0 Å². The summed E-state index contributed by atoms with van der Waals surface area (Å²) in [5.74, 6) is 0. The summed E-state index contributed by atoms with van der Waals surface area (Å²) in [6.07, 6.45) is 29.8. The van der Waals surface area contributed by atoms with Crippen LogP contribution in [0.25, 0.3) is 0 Å². The number of nitrogens with zero attached hydrogens (tertiary/aromatic N) is 1. The van der Waals surface area contributed by atoms with Crippen LogP contribution in [0.1, 0.15) is 129 Å². The normalized spacial score (nSPS) is 11.6. The lowest BCUT2D eigenvalue weighted by molar-refractivity contribution is 0.236. The predicted octanol–water partition coefficient (Wildman–Crippen LogP) is 7.22. The smallest absolute Gasteiger partial charge is 0.0447 e. The standard InChI is InChI=1S/C26H53NO2/c1-2-3-4-5-6-7-8-9-10-11-12-13-14-15-16-17-18-19-22-27(23-20-25-28)24-21-26-29/h19,22,28-29H,2-18,20-21,23-26H2,1H3. The lowest BCUT2D eigenvalue weighted by Gasteiger charge is -2.19. The topological polar surface area (TPSA) is 43.7 Å². The molecule has 0 atom stereocenters. The van der Waals surface area contributed by atoms with Crippen LogP contribution >= 0.6 is 0 Å². The van der Waals surface area contributed by atoms with Gasteiger partial charge in [-0.3, -0.25) is 0 Å². The molecule has 0 heterocycles. The first-order chi connectivity index (χ1) is 14.3. The minimum absolute atomic E-state index is 0.239. The van der Waals surface area contributed by atoms with Crippen molar-refractivity contribution in [1.82, 2.24) is 4.90 Å². The number of hydrogen-bond donors (Lipinski definition) is 2. The van der Waals surface area contributed by atoms with Gasteiger partial charge in [-0.15, -0.1) is 0 Å². The molecular formula is C26H53NO2. The number of aliphatic hydroxyl groups excluding tert-OH is 2. The van der Waals surface area contributed by atoms with Crippen LogP contribution in [0.3, 0.4) is 0 Å². The van der Waals surface area contributed by atoms with Crippen LogP contribution in [-0.2, 0) is 0 Å². The molecule has 0 fully saturated rings. The highest BCUT2D eigenvalue weighted by Gasteiger charge is 1.98. The first-order valence-corrected chi connectivity index (χ1v) is 13.0. The summed E-state index contributed by atoms with van der Waals surface area (Å²) in [5, 5.41) is 17.9. The van der Waals surface area contributed by atoms with Crippen LogP contribution < -0.4 is 0 Å². The second-order valence-corrected chi connectivity index (χ2v) is 8.67. The van der Waals surface area contributed by atoms with E-state index >= 15 is 0 Å². The molecule has 3 heteroatoms. The van der Waals surface area contributed by atoms with E-state index in [-0.39, 0.29) is 13.2 Å². The Kier molecular flexibility index (Phi) is 25.0. The Balaban J connectivity index is 3.31. The summed E-state index contributed by atoms with van der Waals surface area (Å²) < 4.78 is 0. The molecule has 0 bridgehead atoms. The van der Waals surface area contributed by atoms with E-state index in [1.165, 1.54) is 103 Å². The molecule has 0 aromatic carbocycles. The van der Waals surface area contributed by atoms with Gasteiger partial charge >= 0.3 is 0 Å². The zero-order chi connectivity index (χ0) is 21.3. The summed E-state index contributed by atoms with van der Waals surface area (Å²) in [4.78, 5) is 2.22. The lowest BCUT2D eigenvalue weighted by atomic mass is 10.0. The van der Waals surface area contributed by atoms with E-state index in [4.69, 9.17) is 10.2 Å². The molecule has 0 aliphatic heterocycles. The molecular weight excluding hydrogens is 358 g/mol. The van der Waals surface area contributed by atoms with Crippen LogP contribution in [0.15, 0.2) is 12.3 Å². The van der Waals surface area contributed by atoms with Crippen molar-refractivity contribution in [1.29, 1.82) is 0 Å². The molecule has 0 amide bonds. The fourth-order valence-corrected chi connectivity index (χ4v) is 3.84. The van der Waals surface area contributed by atoms with Gasteiger partial charge in [0.15, 0.2) is 0 Å². The van der Waals surface area contributed by atoms with Gasteiger partial charge in [-0.2, -0.15) is 0 Å². The third-order valence-electron chi connectivity index (χ3n) is 5.75. The lowest BCUT2D eigenvalue weighted by Crippen LogP contribution is -2.21. The predicted molar refractivity (Wildman–Crippen MR) is 128 cm³/mol. The Bertz CT molecular complexity index is 312. The van der Waals surface area contributed by atoms with E-state index in [2.05, 4.69) is 24.1 Å². The van der Waals surface area contributed by atoms with Gasteiger partial charge in [0.25, 0.3) is 0 Å². The van der Waals surface area contributed by atoms with E-state index in [0.29, 0.717) is 0 Å². The van der Waals surface area contributed by atoms with E-state index < -0.39 is 0 Å². The number of unbranched alkanes of at least 4 members (excludes halogenated alkanes) is 16. The number of rotatable bonds is 24. The van der Waals surface area contributed by atoms with Crippen LogP contribution in [-0.4, -0.2) is 41.4 Å². The zero-order valence-electron chi connectivity index (χ0n) is 19.8. The average Bonchev–Trinajstić information content (AvgIpc) is 2.74. The monoisotopic (exact) mass is 411 g/mol. The first kappa shape index (κ1) is 28.5. The van der Waals surface area contributed by atoms with Crippen LogP contribution in [0, 0.1) is 0 Å². The minimum atomic E-state index is 0.239. The molecule has 0 unspecified atom stereocenters. The minimum Gasteiger partial charge on any atom is -0.396 e. The molecule has 0 aliphatic carbocycles. The molecule has 0 saturated heterocycles. The number of hydrogen-bond acceptors (Lipinski definition) is 3. The molecule has 0 saturated carbocycles. The Morgan fingerprint density at radius 3 is 1.28 bits per heavy atom.